The third kappa shape index (κ3) is 3.46. The molecule has 1 aromatic heterocycles. The first-order valence-corrected chi connectivity index (χ1v) is 7.21. The summed E-state index contributed by atoms with van der Waals surface area (Å²) in [6.07, 6.45) is 6.90. The summed E-state index contributed by atoms with van der Waals surface area (Å²) in [6, 6.07) is 2.36. The van der Waals surface area contributed by atoms with Crippen LogP contribution in [0.15, 0.2) is 6.07 Å². The fourth-order valence-corrected chi connectivity index (χ4v) is 2.77. The Balaban J connectivity index is 1.94. The van der Waals surface area contributed by atoms with E-state index in [1.807, 2.05) is 6.07 Å². The van der Waals surface area contributed by atoms with Gasteiger partial charge in [-0.2, -0.15) is 0 Å². The normalized spacial score (nSPS) is 14.9. The second kappa shape index (κ2) is 5.54. The molecular formula is C13H20N2OS. The van der Waals surface area contributed by atoms with Crippen molar-refractivity contribution in [3.8, 4) is 0 Å². The van der Waals surface area contributed by atoms with Crippen LogP contribution in [0.2, 0.25) is 0 Å². The summed E-state index contributed by atoms with van der Waals surface area (Å²) >= 11 is 1.56. The van der Waals surface area contributed by atoms with E-state index in [0.717, 1.165) is 19.3 Å². The molecule has 1 heterocycles. The van der Waals surface area contributed by atoms with Crippen LogP contribution in [-0.2, 0) is 6.42 Å². The number of nitrogen functional groups attached to an aromatic ring is 1. The quantitative estimate of drug-likeness (QED) is 0.765. The van der Waals surface area contributed by atoms with Crippen LogP contribution >= 0.6 is 11.3 Å². The van der Waals surface area contributed by atoms with E-state index in [1.165, 1.54) is 24.1 Å². The van der Waals surface area contributed by atoms with Gasteiger partial charge in [-0.3, -0.25) is 4.79 Å². The Morgan fingerprint density at radius 1 is 1.53 bits per heavy atom. The molecule has 0 saturated heterocycles. The van der Waals surface area contributed by atoms with E-state index in [0.29, 0.717) is 16.6 Å². The fraction of sp³-hybridized carbons (Fsp3) is 0.615. The lowest BCUT2D eigenvalue weighted by molar-refractivity contribution is 0.0952. The summed E-state index contributed by atoms with van der Waals surface area (Å²) in [7, 11) is 0. The van der Waals surface area contributed by atoms with Crippen molar-refractivity contribution in [2.75, 3.05) is 5.73 Å². The molecule has 94 valence electrons. The lowest BCUT2D eigenvalue weighted by Gasteiger charge is -2.00. The van der Waals surface area contributed by atoms with Gasteiger partial charge in [0, 0.05) is 10.9 Å². The Labute approximate surface area is 106 Å². The minimum absolute atomic E-state index is 0.00277. The molecule has 0 bridgehead atoms. The number of carbonyl (C=O) groups is 1. The van der Waals surface area contributed by atoms with Crippen molar-refractivity contribution in [2.45, 2.75) is 51.5 Å². The number of thiophene rings is 1. The molecule has 1 amide bonds. The summed E-state index contributed by atoms with van der Waals surface area (Å²) in [4.78, 5) is 13.1. The van der Waals surface area contributed by atoms with Gasteiger partial charge >= 0.3 is 0 Å². The summed E-state index contributed by atoms with van der Waals surface area (Å²) in [5.41, 5.74) is 6.57. The highest BCUT2D eigenvalue weighted by molar-refractivity contribution is 7.16. The summed E-state index contributed by atoms with van der Waals surface area (Å²) in [6.45, 7) is 2.19. The van der Waals surface area contributed by atoms with Crippen LogP contribution in [-0.4, -0.2) is 11.9 Å². The van der Waals surface area contributed by atoms with E-state index in [2.05, 4.69) is 12.2 Å². The SMILES string of the molecule is CCCCCc1cc(C(=O)NC2CC2)c(N)s1. The zero-order valence-corrected chi connectivity index (χ0v) is 11.1. The molecule has 0 aliphatic heterocycles. The van der Waals surface area contributed by atoms with Gasteiger partial charge < -0.3 is 11.1 Å². The van der Waals surface area contributed by atoms with Crippen molar-refractivity contribution in [3.63, 3.8) is 0 Å². The predicted octanol–water partition coefficient (Wildman–Crippen LogP) is 2.96. The lowest BCUT2D eigenvalue weighted by atomic mass is 10.1. The van der Waals surface area contributed by atoms with Crippen molar-refractivity contribution in [2.24, 2.45) is 0 Å². The third-order valence-corrected chi connectivity index (χ3v) is 4.02. The van der Waals surface area contributed by atoms with Crippen LogP contribution in [0.5, 0.6) is 0 Å². The van der Waals surface area contributed by atoms with Gasteiger partial charge in [0.15, 0.2) is 0 Å². The highest BCUT2D eigenvalue weighted by atomic mass is 32.1. The molecule has 0 atom stereocenters. The van der Waals surface area contributed by atoms with Gasteiger partial charge in [0.05, 0.1) is 10.6 Å². The molecule has 1 aromatic rings. The first kappa shape index (κ1) is 12.4. The maximum absolute atomic E-state index is 11.9. The lowest BCUT2D eigenvalue weighted by Crippen LogP contribution is -2.25. The van der Waals surface area contributed by atoms with Gasteiger partial charge in [0.1, 0.15) is 0 Å². The van der Waals surface area contributed by atoms with Crippen molar-refractivity contribution in [3.05, 3.63) is 16.5 Å². The number of carbonyl (C=O) groups excluding carboxylic acids is 1. The van der Waals surface area contributed by atoms with Crippen molar-refractivity contribution < 1.29 is 4.79 Å². The van der Waals surface area contributed by atoms with Crippen molar-refractivity contribution >= 4 is 22.2 Å². The van der Waals surface area contributed by atoms with Gasteiger partial charge in [-0.05, 0) is 31.7 Å². The molecule has 3 N–H and O–H groups in total. The topological polar surface area (TPSA) is 55.1 Å². The van der Waals surface area contributed by atoms with E-state index < -0.39 is 0 Å². The first-order valence-electron chi connectivity index (χ1n) is 6.39. The van der Waals surface area contributed by atoms with E-state index in [-0.39, 0.29) is 5.91 Å². The highest BCUT2D eigenvalue weighted by Gasteiger charge is 2.25. The number of hydrogen-bond acceptors (Lipinski definition) is 3. The maximum Gasteiger partial charge on any atom is 0.254 e. The van der Waals surface area contributed by atoms with Crippen molar-refractivity contribution in [1.29, 1.82) is 0 Å². The van der Waals surface area contributed by atoms with Crippen LogP contribution in [0.3, 0.4) is 0 Å². The molecule has 2 rings (SSSR count). The molecule has 17 heavy (non-hydrogen) atoms. The molecule has 1 fully saturated rings. The second-order valence-corrected chi connectivity index (χ2v) is 5.86. The zero-order valence-electron chi connectivity index (χ0n) is 10.3. The summed E-state index contributed by atoms with van der Waals surface area (Å²) in [5.74, 6) is 0.00277. The summed E-state index contributed by atoms with van der Waals surface area (Å²) < 4.78 is 0. The Morgan fingerprint density at radius 3 is 2.94 bits per heavy atom. The number of rotatable bonds is 6. The molecule has 4 heteroatoms. The highest BCUT2D eigenvalue weighted by Crippen LogP contribution is 2.27. The number of amides is 1. The molecule has 0 spiro atoms. The fourth-order valence-electron chi connectivity index (χ4n) is 1.80. The van der Waals surface area contributed by atoms with Gasteiger partial charge in [0.25, 0.3) is 5.91 Å². The van der Waals surface area contributed by atoms with E-state index in [1.54, 1.807) is 11.3 Å². The Morgan fingerprint density at radius 2 is 2.29 bits per heavy atom. The Hall–Kier alpha value is -1.03. The minimum Gasteiger partial charge on any atom is -0.390 e. The van der Waals surface area contributed by atoms with Crippen LogP contribution in [0.4, 0.5) is 5.00 Å². The average Bonchev–Trinajstić information content (AvgIpc) is 3.02. The molecule has 1 saturated carbocycles. The Bertz CT molecular complexity index is 396. The molecule has 1 aliphatic rings. The number of aryl methyl sites for hydroxylation is 1. The maximum atomic E-state index is 11.9. The predicted molar refractivity (Wildman–Crippen MR) is 72.4 cm³/mol. The number of nitrogens with one attached hydrogen (secondary N) is 1. The minimum atomic E-state index is 0.00277. The molecular weight excluding hydrogens is 232 g/mol. The smallest absolute Gasteiger partial charge is 0.254 e. The standard InChI is InChI=1S/C13H20N2OS/c1-2-3-4-5-10-8-11(12(14)17-10)13(16)15-9-6-7-9/h8-9H,2-7,14H2,1H3,(H,15,16). The van der Waals surface area contributed by atoms with Gasteiger partial charge in [0.2, 0.25) is 0 Å². The molecule has 1 aliphatic carbocycles. The van der Waals surface area contributed by atoms with Crippen molar-refractivity contribution in [1.82, 2.24) is 5.32 Å². The van der Waals surface area contributed by atoms with Gasteiger partial charge in [-0.25, -0.2) is 0 Å². The number of nitrogens with two attached hydrogens (primary N) is 1. The number of unbranched alkanes of at least 4 members (excludes halogenated alkanes) is 2. The van der Waals surface area contributed by atoms with E-state index >= 15 is 0 Å². The van der Waals surface area contributed by atoms with Gasteiger partial charge in [-0.1, -0.05) is 19.8 Å². The number of hydrogen-bond donors (Lipinski definition) is 2. The average molecular weight is 252 g/mol. The molecule has 0 unspecified atom stereocenters. The zero-order chi connectivity index (χ0) is 12.3. The molecule has 3 nitrogen and oxygen atoms in total. The largest absolute Gasteiger partial charge is 0.390 e. The van der Waals surface area contributed by atoms with Crippen LogP contribution in [0, 0.1) is 0 Å². The Kier molecular flexibility index (Phi) is 4.05. The van der Waals surface area contributed by atoms with Crippen LogP contribution in [0.1, 0.15) is 54.3 Å². The molecule has 0 aromatic carbocycles. The van der Waals surface area contributed by atoms with Crippen LogP contribution in [0.25, 0.3) is 0 Å². The van der Waals surface area contributed by atoms with E-state index in [4.69, 9.17) is 5.73 Å². The number of anilines is 1. The summed E-state index contributed by atoms with van der Waals surface area (Å²) in [5, 5.41) is 3.64. The van der Waals surface area contributed by atoms with Gasteiger partial charge in [-0.15, -0.1) is 11.3 Å². The second-order valence-electron chi connectivity index (χ2n) is 4.70. The van der Waals surface area contributed by atoms with E-state index in [9.17, 15) is 4.79 Å². The van der Waals surface area contributed by atoms with Crippen LogP contribution < -0.4 is 11.1 Å². The monoisotopic (exact) mass is 252 g/mol. The third-order valence-electron chi connectivity index (χ3n) is 3.00. The first-order chi connectivity index (χ1) is 8.20. The molecule has 0 radical (unpaired) electrons.